The number of hydrogen-bond acceptors (Lipinski definition) is 9. The number of fused-ring (bicyclic) bond motifs is 15. The van der Waals surface area contributed by atoms with Gasteiger partial charge in [0.2, 0.25) is 0 Å². The Hall–Kier alpha value is -0.940. The zero-order chi connectivity index (χ0) is 51.8. The topological polar surface area (TPSA) is 176 Å². The smallest absolute Gasteiger partial charge is 0.133 e. The Labute approximate surface area is 435 Å². The van der Waals surface area contributed by atoms with Gasteiger partial charge in [-0.1, -0.05) is 41.5 Å². The van der Waals surface area contributed by atoms with Crippen molar-refractivity contribution in [3.63, 3.8) is 0 Å². The van der Waals surface area contributed by atoms with Crippen LogP contribution in [0.4, 0.5) is 0 Å². The number of carbonyl (C=O) groups excluding carboxylic acids is 2. The molecule has 12 saturated carbocycles. The van der Waals surface area contributed by atoms with Gasteiger partial charge in [-0.25, -0.2) is 0 Å². The first kappa shape index (κ1) is 54.4. The first-order chi connectivity index (χ1) is 33.8. The number of Topliss-reactive ketones (excluding diaryl/α,β-unsaturated/α-hetero) is 2. The molecule has 0 bridgehead atoms. The summed E-state index contributed by atoms with van der Waals surface area (Å²) in [5.74, 6) is 7.96. The van der Waals surface area contributed by atoms with Crippen molar-refractivity contribution in [2.45, 2.75) is 259 Å². The third-order valence-corrected chi connectivity index (χ3v) is 27.3. The fraction of sp³-hybridized carbons (Fsp3) is 0.968. The number of rotatable bonds is 3. The van der Waals surface area contributed by atoms with Crippen LogP contribution in [0.25, 0.3) is 0 Å². The summed E-state index contributed by atoms with van der Waals surface area (Å²) < 4.78 is 0. The molecule has 0 aromatic heterocycles. The third-order valence-electron chi connectivity index (χ3n) is 27.3. The summed E-state index contributed by atoms with van der Waals surface area (Å²) in [6.45, 7) is 19.8. The Kier molecular flexibility index (Phi) is 14.7. The monoisotopic (exact) mass is 1000 g/mol. The molecule has 0 spiro atoms. The molecule has 12 aliphatic rings. The second-order valence-corrected chi connectivity index (χ2v) is 30.2. The van der Waals surface area contributed by atoms with E-state index in [0.717, 1.165) is 109 Å². The molecular weight excluding hydrogens is 901 g/mol. The van der Waals surface area contributed by atoms with E-state index in [1.807, 2.05) is 13.8 Å². The Morgan fingerprint density at radius 1 is 0.472 bits per heavy atom. The van der Waals surface area contributed by atoms with E-state index in [4.69, 9.17) is 0 Å². The number of ketones is 2. The maximum Gasteiger partial charge on any atom is 0.133 e. The Morgan fingerprint density at radius 2 is 0.847 bits per heavy atom. The second kappa shape index (κ2) is 19.5. The van der Waals surface area contributed by atoms with Crippen LogP contribution in [-0.2, 0) is 9.59 Å². The first-order valence-electron chi connectivity index (χ1n) is 30.6. The van der Waals surface area contributed by atoms with Gasteiger partial charge in [-0.15, -0.1) is 0 Å². The van der Waals surface area contributed by atoms with Gasteiger partial charge in [-0.05, 0) is 277 Å². The third kappa shape index (κ3) is 8.49. The van der Waals surface area contributed by atoms with Crippen LogP contribution in [0.2, 0.25) is 0 Å². The number of aliphatic hydroxyl groups excluding tert-OH is 7. The standard InChI is InChI=1S/2C21H36O3.C21H32O3/c3*1-12(22)16-6-7-17-15-5-4-13-10-14(23)8-9-20(13,2)19(15)18(24)11-21(16,17)3/h2*12-19,22-24H,4-11H2,1-3H3;13,15-19,24H,4-11H2,1-3H3/t2*12?,13?,14?,15-,16+,17-,18-,19+,20-,21+;13?,15-,16+,17-,18-,19+,20-,21+/m000/s1. The van der Waals surface area contributed by atoms with Gasteiger partial charge in [0.1, 0.15) is 11.6 Å². The van der Waals surface area contributed by atoms with Crippen LogP contribution < -0.4 is 0 Å². The SMILES string of the molecule is CC(=O)[C@H]1CC[C@H]2[C@@H]3CCC4CC(=O)CC[C@]4(C)[C@H]3[C@@H](O)C[C@]12C.CC(O)[C@H]1CC[C@H]2[C@@H]3CCC4CC(O)CC[C@]4(C)[C@H]3[C@@H](O)C[C@]12C.CC(O)[C@H]1CC[C@H]2[C@@H]3CCC4CC(O)CC[C@]4(C)[C@H]3[C@@H](O)C[C@]12C. The highest BCUT2D eigenvalue weighted by Gasteiger charge is 2.67. The average Bonchev–Trinajstić information content (AvgIpc) is 3.96. The highest BCUT2D eigenvalue weighted by molar-refractivity contribution is 5.80. The molecule has 410 valence electrons. The Morgan fingerprint density at radius 3 is 1.26 bits per heavy atom. The minimum Gasteiger partial charge on any atom is -0.393 e. The second-order valence-electron chi connectivity index (χ2n) is 30.2. The zero-order valence-electron chi connectivity index (χ0n) is 46.6. The summed E-state index contributed by atoms with van der Waals surface area (Å²) in [5.41, 5.74) is 0.710. The first-order valence-corrected chi connectivity index (χ1v) is 30.6. The normalized spacial score (nSPS) is 57.0. The van der Waals surface area contributed by atoms with Gasteiger partial charge in [0.15, 0.2) is 0 Å². The van der Waals surface area contributed by atoms with Crippen molar-refractivity contribution in [3.8, 4) is 0 Å². The molecule has 12 fully saturated rings. The maximum atomic E-state index is 12.2. The van der Waals surface area contributed by atoms with Crippen molar-refractivity contribution in [2.24, 2.45) is 121 Å². The lowest BCUT2D eigenvalue weighted by Crippen LogP contribution is -2.59. The number of aliphatic hydroxyl groups is 7. The molecule has 28 atom stereocenters. The molecule has 9 nitrogen and oxygen atoms in total. The van der Waals surface area contributed by atoms with Crippen molar-refractivity contribution >= 4 is 11.6 Å². The predicted octanol–water partition coefficient (Wildman–Crippen LogP) is 10.5. The molecule has 7 unspecified atom stereocenters. The number of carbonyl (C=O) groups is 2. The van der Waals surface area contributed by atoms with E-state index in [2.05, 4.69) is 41.5 Å². The van der Waals surface area contributed by atoms with Crippen LogP contribution in [0, 0.1) is 121 Å². The lowest BCUT2D eigenvalue weighted by Gasteiger charge is -2.62. The molecule has 0 aromatic rings. The van der Waals surface area contributed by atoms with Gasteiger partial charge in [-0.2, -0.15) is 0 Å². The van der Waals surface area contributed by atoms with Gasteiger partial charge in [0.25, 0.3) is 0 Å². The lowest BCUT2D eigenvalue weighted by atomic mass is 9.44. The highest BCUT2D eigenvalue weighted by atomic mass is 16.3. The maximum absolute atomic E-state index is 12.2. The van der Waals surface area contributed by atoms with E-state index >= 15 is 0 Å². The largest absolute Gasteiger partial charge is 0.393 e. The van der Waals surface area contributed by atoms with Crippen LogP contribution >= 0.6 is 0 Å². The zero-order valence-corrected chi connectivity index (χ0v) is 46.6. The van der Waals surface area contributed by atoms with Crippen molar-refractivity contribution in [1.29, 1.82) is 0 Å². The molecule has 9 heteroatoms. The van der Waals surface area contributed by atoms with Gasteiger partial charge in [-0.3, -0.25) is 9.59 Å². The van der Waals surface area contributed by atoms with E-state index in [0.29, 0.717) is 101 Å². The molecule has 7 N–H and O–H groups in total. The van der Waals surface area contributed by atoms with Crippen LogP contribution in [-0.4, -0.2) is 90.0 Å². The van der Waals surface area contributed by atoms with Crippen LogP contribution in [0.15, 0.2) is 0 Å². The van der Waals surface area contributed by atoms with Crippen molar-refractivity contribution in [2.75, 3.05) is 0 Å². The van der Waals surface area contributed by atoms with E-state index in [1.165, 1.54) is 38.5 Å². The van der Waals surface area contributed by atoms with E-state index in [9.17, 15) is 45.3 Å². The van der Waals surface area contributed by atoms with Crippen LogP contribution in [0.1, 0.15) is 216 Å². The van der Waals surface area contributed by atoms with Crippen molar-refractivity contribution in [1.82, 2.24) is 0 Å². The summed E-state index contributed by atoms with van der Waals surface area (Å²) in [5, 5.41) is 74.5. The Balaban J connectivity index is 0.000000124. The summed E-state index contributed by atoms with van der Waals surface area (Å²) in [7, 11) is 0. The highest BCUT2D eigenvalue weighted by Crippen LogP contribution is 2.71. The van der Waals surface area contributed by atoms with E-state index < -0.39 is 0 Å². The quantitative estimate of drug-likeness (QED) is 0.145. The molecule has 0 radical (unpaired) electrons. The van der Waals surface area contributed by atoms with Crippen LogP contribution in [0.5, 0.6) is 0 Å². The minimum absolute atomic E-state index is 0.0138. The lowest BCUT2D eigenvalue weighted by molar-refractivity contribution is -0.181. The van der Waals surface area contributed by atoms with Crippen LogP contribution in [0.3, 0.4) is 0 Å². The van der Waals surface area contributed by atoms with Crippen molar-refractivity contribution < 1.29 is 45.3 Å². The summed E-state index contributed by atoms with van der Waals surface area (Å²) in [6, 6.07) is 0. The molecule has 12 rings (SSSR count). The van der Waals surface area contributed by atoms with Gasteiger partial charge < -0.3 is 35.7 Å². The van der Waals surface area contributed by atoms with Gasteiger partial charge >= 0.3 is 0 Å². The fourth-order valence-corrected chi connectivity index (χ4v) is 24.2. The molecule has 0 heterocycles. The molecule has 0 aromatic carbocycles. The fourth-order valence-electron chi connectivity index (χ4n) is 24.2. The molecule has 12 aliphatic carbocycles. The van der Waals surface area contributed by atoms with Gasteiger partial charge in [0, 0.05) is 18.8 Å². The molecule has 0 aliphatic heterocycles. The predicted molar refractivity (Wildman–Crippen MR) is 281 cm³/mol. The average molecular weight is 1010 g/mol. The molecule has 0 saturated heterocycles. The summed E-state index contributed by atoms with van der Waals surface area (Å²) >= 11 is 0. The van der Waals surface area contributed by atoms with E-state index in [1.54, 1.807) is 6.92 Å². The molecular formula is C63H104O9. The molecule has 0 amide bonds. The summed E-state index contributed by atoms with van der Waals surface area (Å²) in [6.07, 6.45) is 23.1. The number of hydrogen-bond donors (Lipinski definition) is 7. The van der Waals surface area contributed by atoms with Crippen molar-refractivity contribution in [3.05, 3.63) is 0 Å². The van der Waals surface area contributed by atoms with Gasteiger partial charge in [0.05, 0.1) is 42.7 Å². The Bertz CT molecular complexity index is 1900. The minimum atomic E-state index is -0.308. The van der Waals surface area contributed by atoms with E-state index in [-0.39, 0.29) is 81.1 Å². The summed E-state index contributed by atoms with van der Waals surface area (Å²) in [4.78, 5) is 24.1. The molecule has 72 heavy (non-hydrogen) atoms.